The van der Waals surface area contributed by atoms with Gasteiger partial charge in [0, 0.05) is 12.1 Å². The molecule has 0 atom stereocenters. The summed E-state index contributed by atoms with van der Waals surface area (Å²) >= 11 is 0. The van der Waals surface area contributed by atoms with Crippen molar-refractivity contribution in [3.8, 4) is 0 Å². The highest BCUT2D eigenvalue weighted by Crippen LogP contribution is 2.18. The van der Waals surface area contributed by atoms with Gasteiger partial charge in [-0.2, -0.15) is 0 Å². The van der Waals surface area contributed by atoms with Crippen molar-refractivity contribution < 1.29 is 9.53 Å². The van der Waals surface area contributed by atoms with Crippen molar-refractivity contribution >= 4 is 11.7 Å². The van der Waals surface area contributed by atoms with Crippen LogP contribution in [0.15, 0.2) is 18.2 Å². The normalized spacial score (nSPS) is 11.3. The van der Waals surface area contributed by atoms with E-state index in [2.05, 4.69) is 0 Å². The zero-order chi connectivity index (χ0) is 13.1. The van der Waals surface area contributed by atoms with Crippen LogP contribution in [0.25, 0.3) is 0 Å². The number of anilines is 1. The molecule has 0 fully saturated rings. The van der Waals surface area contributed by atoms with Crippen LogP contribution in [0, 0.1) is 6.92 Å². The molecule has 0 saturated heterocycles. The summed E-state index contributed by atoms with van der Waals surface area (Å²) in [6.07, 6.45) is 1.06. The topological polar surface area (TPSA) is 52.3 Å². The third-order valence-electron chi connectivity index (χ3n) is 2.51. The molecule has 0 aliphatic rings. The molecule has 0 spiro atoms. The van der Waals surface area contributed by atoms with Crippen LogP contribution in [-0.4, -0.2) is 11.6 Å². The fourth-order valence-corrected chi connectivity index (χ4v) is 1.60. The Morgan fingerprint density at radius 3 is 2.59 bits per heavy atom. The molecule has 0 saturated carbocycles. The summed E-state index contributed by atoms with van der Waals surface area (Å²) in [6.45, 7) is 7.59. The Labute approximate surface area is 103 Å². The number of hydrogen-bond acceptors (Lipinski definition) is 3. The third kappa shape index (κ3) is 4.47. The number of carbonyl (C=O) groups excluding carboxylic acids is 1. The van der Waals surface area contributed by atoms with Crippen LogP contribution in [0.2, 0.25) is 0 Å². The van der Waals surface area contributed by atoms with Crippen LogP contribution in [0.4, 0.5) is 5.69 Å². The van der Waals surface area contributed by atoms with Crippen LogP contribution >= 0.6 is 0 Å². The van der Waals surface area contributed by atoms with Gasteiger partial charge in [-0.25, -0.2) is 0 Å². The van der Waals surface area contributed by atoms with Crippen molar-refractivity contribution in [3.63, 3.8) is 0 Å². The van der Waals surface area contributed by atoms with Gasteiger partial charge in [0.1, 0.15) is 5.60 Å². The summed E-state index contributed by atoms with van der Waals surface area (Å²) < 4.78 is 5.26. The van der Waals surface area contributed by atoms with Crippen LogP contribution in [-0.2, 0) is 16.0 Å². The van der Waals surface area contributed by atoms with Gasteiger partial charge in [-0.1, -0.05) is 12.1 Å². The molecule has 0 bridgehead atoms. The predicted molar refractivity (Wildman–Crippen MR) is 69.8 cm³/mol. The maximum atomic E-state index is 11.6. The van der Waals surface area contributed by atoms with E-state index < -0.39 is 5.60 Å². The Hall–Kier alpha value is -1.51. The van der Waals surface area contributed by atoms with Gasteiger partial charge in [-0.3, -0.25) is 4.79 Å². The molecule has 0 heterocycles. The zero-order valence-electron chi connectivity index (χ0n) is 11.0. The van der Waals surface area contributed by atoms with Crippen molar-refractivity contribution in [3.05, 3.63) is 29.3 Å². The molecule has 0 unspecified atom stereocenters. The minimum atomic E-state index is -0.415. The highest BCUT2D eigenvalue weighted by molar-refractivity contribution is 5.70. The SMILES string of the molecule is Cc1c(N)cccc1CCC(=O)OC(C)(C)C. The van der Waals surface area contributed by atoms with Gasteiger partial charge in [-0.15, -0.1) is 0 Å². The molecule has 0 amide bonds. The Kier molecular flexibility index (Phi) is 4.16. The van der Waals surface area contributed by atoms with Gasteiger partial charge in [0.25, 0.3) is 0 Å². The fraction of sp³-hybridized carbons (Fsp3) is 0.500. The summed E-state index contributed by atoms with van der Waals surface area (Å²) in [5.41, 5.74) is 8.33. The van der Waals surface area contributed by atoms with Crippen molar-refractivity contribution in [1.82, 2.24) is 0 Å². The summed E-state index contributed by atoms with van der Waals surface area (Å²) in [6, 6.07) is 5.77. The molecule has 3 nitrogen and oxygen atoms in total. The van der Waals surface area contributed by atoms with E-state index in [-0.39, 0.29) is 5.97 Å². The number of nitrogens with two attached hydrogens (primary N) is 1. The highest BCUT2D eigenvalue weighted by Gasteiger charge is 2.16. The second-order valence-electron chi connectivity index (χ2n) is 5.22. The molecule has 1 rings (SSSR count). The number of aryl methyl sites for hydroxylation is 1. The van der Waals surface area contributed by atoms with Gasteiger partial charge in [0.15, 0.2) is 0 Å². The lowest BCUT2D eigenvalue weighted by molar-refractivity contribution is -0.154. The molecule has 1 aromatic rings. The number of carbonyl (C=O) groups is 1. The van der Waals surface area contributed by atoms with E-state index in [1.165, 1.54) is 0 Å². The second-order valence-corrected chi connectivity index (χ2v) is 5.22. The summed E-state index contributed by atoms with van der Waals surface area (Å²) in [7, 11) is 0. The molecule has 17 heavy (non-hydrogen) atoms. The van der Waals surface area contributed by atoms with E-state index in [4.69, 9.17) is 10.5 Å². The lowest BCUT2D eigenvalue weighted by atomic mass is 10.0. The van der Waals surface area contributed by atoms with Gasteiger partial charge in [0.05, 0.1) is 0 Å². The molecule has 3 heteroatoms. The fourth-order valence-electron chi connectivity index (χ4n) is 1.60. The first-order valence-electron chi connectivity index (χ1n) is 5.85. The quantitative estimate of drug-likeness (QED) is 0.647. The van der Waals surface area contributed by atoms with Gasteiger partial charge < -0.3 is 10.5 Å². The molecule has 94 valence electrons. The standard InChI is InChI=1S/C14H21NO2/c1-10-11(6-5-7-12(10)15)8-9-13(16)17-14(2,3)4/h5-7H,8-9,15H2,1-4H3. The van der Waals surface area contributed by atoms with E-state index in [1.54, 1.807) is 0 Å². The first-order chi connectivity index (χ1) is 7.79. The maximum Gasteiger partial charge on any atom is 0.306 e. The number of esters is 1. The Balaban J connectivity index is 2.56. The minimum Gasteiger partial charge on any atom is -0.460 e. The van der Waals surface area contributed by atoms with Crippen LogP contribution in [0.3, 0.4) is 0 Å². The first-order valence-corrected chi connectivity index (χ1v) is 5.85. The predicted octanol–water partition coefficient (Wildman–Crippen LogP) is 2.85. The van der Waals surface area contributed by atoms with Crippen molar-refractivity contribution in [2.24, 2.45) is 0 Å². The second kappa shape index (κ2) is 5.21. The van der Waals surface area contributed by atoms with Crippen molar-refractivity contribution in [2.45, 2.75) is 46.1 Å². The van der Waals surface area contributed by atoms with E-state index >= 15 is 0 Å². The molecular formula is C14H21NO2. The number of ether oxygens (including phenoxy) is 1. The van der Waals surface area contributed by atoms with Crippen molar-refractivity contribution in [1.29, 1.82) is 0 Å². The lowest BCUT2D eigenvalue weighted by Gasteiger charge is -2.19. The molecular weight excluding hydrogens is 214 g/mol. The number of rotatable bonds is 3. The summed E-state index contributed by atoms with van der Waals surface area (Å²) in [4.78, 5) is 11.6. The van der Waals surface area contributed by atoms with Crippen LogP contribution in [0.5, 0.6) is 0 Å². The van der Waals surface area contributed by atoms with E-state index in [0.717, 1.165) is 16.8 Å². The summed E-state index contributed by atoms with van der Waals surface area (Å²) in [5.74, 6) is -0.167. The monoisotopic (exact) mass is 235 g/mol. The number of hydrogen-bond donors (Lipinski definition) is 1. The zero-order valence-corrected chi connectivity index (χ0v) is 11.0. The highest BCUT2D eigenvalue weighted by atomic mass is 16.6. The first kappa shape index (κ1) is 13.6. The summed E-state index contributed by atoms with van der Waals surface area (Å²) in [5, 5.41) is 0. The van der Waals surface area contributed by atoms with Crippen molar-refractivity contribution in [2.75, 3.05) is 5.73 Å². The third-order valence-corrected chi connectivity index (χ3v) is 2.51. The van der Waals surface area contributed by atoms with Crippen LogP contribution in [0.1, 0.15) is 38.3 Å². The molecule has 0 aliphatic heterocycles. The molecule has 2 N–H and O–H groups in total. The molecule has 1 aromatic carbocycles. The largest absolute Gasteiger partial charge is 0.460 e. The number of benzene rings is 1. The van der Waals surface area contributed by atoms with Crippen LogP contribution < -0.4 is 5.73 Å². The van der Waals surface area contributed by atoms with Gasteiger partial charge >= 0.3 is 5.97 Å². The Morgan fingerprint density at radius 2 is 2.00 bits per heavy atom. The minimum absolute atomic E-state index is 0.167. The maximum absolute atomic E-state index is 11.6. The van der Waals surface area contributed by atoms with E-state index in [9.17, 15) is 4.79 Å². The lowest BCUT2D eigenvalue weighted by Crippen LogP contribution is -2.24. The molecule has 0 radical (unpaired) electrons. The average molecular weight is 235 g/mol. The van der Waals surface area contributed by atoms with Gasteiger partial charge in [0.2, 0.25) is 0 Å². The Bertz CT molecular complexity index is 405. The van der Waals surface area contributed by atoms with Gasteiger partial charge in [-0.05, 0) is 51.3 Å². The Morgan fingerprint density at radius 1 is 1.35 bits per heavy atom. The van der Waals surface area contributed by atoms with E-state index in [1.807, 2.05) is 45.9 Å². The molecule has 0 aromatic heterocycles. The number of nitrogen functional groups attached to an aromatic ring is 1. The smallest absolute Gasteiger partial charge is 0.306 e. The average Bonchev–Trinajstić information content (AvgIpc) is 2.18. The molecule has 0 aliphatic carbocycles. The van der Waals surface area contributed by atoms with E-state index in [0.29, 0.717) is 12.8 Å².